The van der Waals surface area contributed by atoms with Gasteiger partial charge in [-0.3, -0.25) is 0 Å². The van der Waals surface area contributed by atoms with Gasteiger partial charge in [0, 0.05) is 13.6 Å². The number of hydrogen-bond acceptors (Lipinski definition) is 2. The molecule has 2 N–H and O–H groups in total. The Morgan fingerprint density at radius 2 is 2.00 bits per heavy atom. The van der Waals surface area contributed by atoms with Crippen molar-refractivity contribution < 1.29 is 10.2 Å². The SMILES string of the molecule is CC(O)(O)c1cc(Br)ccc1I. The van der Waals surface area contributed by atoms with Gasteiger partial charge in [0.2, 0.25) is 0 Å². The van der Waals surface area contributed by atoms with E-state index < -0.39 is 5.79 Å². The van der Waals surface area contributed by atoms with Gasteiger partial charge in [-0.2, -0.15) is 0 Å². The van der Waals surface area contributed by atoms with Gasteiger partial charge in [0.15, 0.2) is 5.79 Å². The van der Waals surface area contributed by atoms with Crippen LogP contribution in [0.4, 0.5) is 0 Å². The molecule has 0 atom stereocenters. The zero-order chi connectivity index (χ0) is 9.35. The van der Waals surface area contributed by atoms with E-state index in [0.717, 1.165) is 8.04 Å². The van der Waals surface area contributed by atoms with Crippen LogP contribution in [-0.4, -0.2) is 10.2 Å². The monoisotopic (exact) mass is 342 g/mol. The molecule has 0 bridgehead atoms. The van der Waals surface area contributed by atoms with Crippen LogP contribution < -0.4 is 0 Å². The summed E-state index contributed by atoms with van der Waals surface area (Å²) in [6.07, 6.45) is 0. The Kier molecular flexibility index (Phi) is 3.14. The van der Waals surface area contributed by atoms with Crippen molar-refractivity contribution in [2.75, 3.05) is 0 Å². The van der Waals surface area contributed by atoms with Crippen molar-refractivity contribution >= 4 is 38.5 Å². The minimum absolute atomic E-state index is 0.512. The average molecular weight is 343 g/mol. The van der Waals surface area contributed by atoms with Gasteiger partial charge in [0.25, 0.3) is 0 Å². The molecule has 0 aromatic heterocycles. The third-order valence-corrected chi connectivity index (χ3v) is 2.87. The summed E-state index contributed by atoms with van der Waals surface area (Å²) in [6.45, 7) is 1.34. The van der Waals surface area contributed by atoms with Gasteiger partial charge in [0.05, 0.1) is 0 Å². The third kappa shape index (κ3) is 2.42. The smallest absolute Gasteiger partial charge is 0.187 e. The molecule has 0 amide bonds. The first kappa shape index (κ1) is 10.4. The van der Waals surface area contributed by atoms with Crippen LogP contribution in [0.2, 0.25) is 0 Å². The summed E-state index contributed by atoms with van der Waals surface area (Å²) in [5.74, 6) is -1.76. The van der Waals surface area contributed by atoms with Gasteiger partial charge >= 0.3 is 0 Å². The molecular weight excluding hydrogens is 335 g/mol. The fourth-order valence-electron chi connectivity index (χ4n) is 0.860. The quantitative estimate of drug-likeness (QED) is 0.607. The lowest BCUT2D eigenvalue weighted by Gasteiger charge is -2.18. The van der Waals surface area contributed by atoms with Crippen molar-refractivity contribution in [3.05, 3.63) is 31.8 Å². The molecule has 0 heterocycles. The van der Waals surface area contributed by atoms with E-state index in [9.17, 15) is 10.2 Å². The zero-order valence-electron chi connectivity index (χ0n) is 6.38. The topological polar surface area (TPSA) is 40.5 Å². The summed E-state index contributed by atoms with van der Waals surface area (Å²) in [7, 11) is 0. The summed E-state index contributed by atoms with van der Waals surface area (Å²) >= 11 is 5.32. The molecule has 0 aliphatic rings. The Bertz CT molecular complexity index is 294. The average Bonchev–Trinajstić information content (AvgIpc) is 1.92. The van der Waals surface area contributed by atoms with Crippen LogP contribution in [0.25, 0.3) is 0 Å². The maximum Gasteiger partial charge on any atom is 0.187 e. The minimum atomic E-state index is -1.76. The van der Waals surface area contributed by atoms with Crippen LogP contribution in [0.5, 0.6) is 0 Å². The molecule has 0 aliphatic heterocycles. The van der Waals surface area contributed by atoms with Crippen LogP contribution >= 0.6 is 38.5 Å². The predicted octanol–water partition coefficient (Wildman–Crippen LogP) is 2.21. The van der Waals surface area contributed by atoms with Crippen molar-refractivity contribution in [3.8, 4) is 0 Å². The Labute approximate surface area is 92.9 Å². The van der Waals surface area contributed by atoms with Crippen LogP contribution in [-0.2, 0) is 5.79 Å². The predicted molar refractivity (Wildman–Crippen MR) is 58.6 cm³/mol. The molecule has 1 rings (SSSR count). The summed E-state index contributed by atoms with van der Waals surface area (Å²) in [5, 5.41) is 18.6. The number of aliphatic hydroxyl groups is 2. The van der Waals surface area contributed by atoms with Crippen LogP contribution in [0, 0.1) is 3.57 Å². The first-order chi connectivity index (χ1) is 5.41. The standard InChI is InChI=1S/C8H8BrIO2/c1-8(11,12)6-4-5(9)2-3-7(6)10/h2-4,11-12H,1H3. The number of rotatable bonds is 1. The van der Waals surface area contributed by atoms with Crippen molar-refractivity contribution in [1.29, 1.82) is 0 Å². The molecule has 2 nitrogen and oxygen atoms in total. The molecule has 0 unspecified atom stereocenters. The number of benzene rings is 1. The van der Waals surface area contributed by atoms with Gasteiger partial charge in [-0.05, 0) is 47.7 Å². The van der Waals surface area contributed by atoms with Crippen molar-refractivity contribution in [2.24, 2.45) is 0 Å². The highest BCUT2D eigenvalue weighted by Gasteiger charge is 2.21. The van der Waals surface area contributed by atoms with Crippen LogP contribution in [0.3, 0.4) is 0 Å². The fraction of sp³-hybridized carbons (Fsp3) is 0.250. The van der Waals surface area contributed by atoms with E-state index in [1.807, 2.05) is 12.1 Å². The van der Waals surface area contributed by atoms with Gasteiger partial charge < -0.3 is 10.2 Å². The van der Waals surface area contributed by atoms with E-state index in [0.29, 0.717) is 5.56 Å². The number of hydrogen-bond donors (Lipinski definition) is 2. The summed E-state index contributed by atoms with van der Waals surface area (Å²) in [4.78, 5) is 0. The Hall–Kier alpha value is 0.350. The molecule has 0 spiro atoms. The highest BCUT2D eigenvalue weighted by molar-refractivity contribution is 14.1. The van der Waals surface area contributed by atoms with Gasteiger partial charge in [0.1, 0.15) is 0 Å². The molecular formula is C8H8BrIO2. The molecule has 4 heteroatoms. The minimum Gasteiger partial charge on any atom is -0.362 e. The molecule has 66 valence electrons. The second-order valence-electron chi connectivity index (χ2n) is 2.64. The van der Waals surface area contributed by atoms with Gasteiger partial charge in [-0.1, -0.05) is 15.9 Å². The van der Waals surface area contributed by atoms with Gasteiger partial charge in [-0.25, -0.2) is 0 Å². The molecule has 12 heavy (non-hydrogen) atoms. The lowest BCUT2D eigenvalue weighted by Crippen LogP contribution is -2.21. The van der Waals surface area contributed by atoms with Crippen LogP contribution in [0.1, 0.15) is 12.5 Å². The lowest BCUT2D eigenvalue weighted by molar-refractivity contribution is -0.153. The Balaban J connectivity index is 3.23. The summed E-state index contributed by atoms with van der Waals surface area (Å²) in [6, 6.07) is 5.38. The summed E-state index contributed by atoms with van der Waals surface area (Å²) in [5.41, 5.74) is 0.512. The van der Waals surface area contributed by atoms with E-state index in [2.05, 4.69) is 38.5 Å². The maximum absolute atomic E-state index is 9.32. The molecule has 1 aromatic carbocycles. The molecule has 0 fully saturated rings. The van der Waals surface area contributed by atoms with E-state index in [-0.39, 0.29) is 0 Å². The first-order valence-electron chi connectivity index (χ1n) is 3.31. The fourth-order valence-corrected chi connectivity index (χ4v) is 2.07. The van der Waals surface area contributed by atoms with Crippen molar-refractivity contribution in [3.63, 3.8) is 0 Å². The van der Waals surface area contributed by atoms with E-state index in [1.165, 1.54) is 6.92 Å². The van der Waals surface area contributed by atoms with E-state index in [1.54, 1.807) is 6.07 Å². The Morgan fingerprint density at radius 1 is 1.42 bits per heavy atom. The van der Waals surface area contributed by atoms with E-state index in [4.69, 9.17) is 0 Å². The molecule has 0 saturated carbocycles. The first-order valence-corrected chi connectivity index (χ1v) is 5.18. The normalized spacial score (nSPS) is 11.8. The molecule has 1 aromatic rings. The van der Waals surface area contributed by atoms with Crippen LogP contribution in [0.15, 0.2) is 22.7 Å². The third-order valence-electron chi connectivity index (χ3n) is 1.44. The largest absolute Gasteiger partial charge is 0.362 e. The van der Waals surface area contributed by atoms with E-state index >= 15 is 0 Å². The highest BCUT2D eigenvalue weighted by atomic mass is 127. The Morgan fingerprint density at radius 3 is 2.42 bits per heavy atom. The molecule has 0 saturated heterocycles. The number of halogens is 2. The second-order valence-corrected chi connectivity index (χ2v) is 4.72. The second kappa shape index (κ2) is 3.61. The van der Waals surface area contributed by atoms with Gasteiger partial charge in [-0.15, -0.1) is 0 Å². The highest BCUT2D eigenvalue weighted by Crippen LogP contribution is 2.26. The van der Waals surface area contributed by atoms with Crippen molar-refractivity contribution in [1.82, 2.24) is 0 Å². The lowest BCUT2D eigenvalue weighted by atomic mass is 10.1. The summed E-state index contributed by atoms with van der Waals surface area (Å²) < 4.78 is 1.68. The van der Waals surface area contributed by atoms with Crippen molar-refractivity contribution in [2.45, 2.75) is 12.7 Å². The maximum atomic E-state index is 9.32. The zero-order valence-corrected chi connectivity index (χ0v) is 10.1. The molecule has 0 aliphatic carbocycles. The molecule has 0 radical (unpaired) electrons.